The van der Waals surface area contributed by atoms with E-state index >= 15 is 0 Å². The Morgan fingerprint density at radius 3 is 1.64 bits per heavy atom. The first-order chi connectivity index (χ1) is 12.3. The number of phenols is 1. The van der Waals surface area contributed by atoms with E-state index in [0.717, 1.165) is 18.8 Å². The summed E-state index contributed by atoms with van der Waals surface area (Å²) in [5, 5.41) is 9.37. The van der Waals surface area contributed by atoms with Crippen LogP contribution in [0.15, 0.2) is 24.3 Å². The van der Waals surface area contributed by atoms with Gasteiger partial charge in [0.25, 0.3) is 0 Å². The Bertz CT molecular complexity index is 403. The van der Waals surface area contributed by atoms with E-state index in [1.54, 1.807) is 12.1 Å². The number of ether oxygens (including phenoxy) is 1. The number of hydrogen-bond donors (Lipinski definition) is 1. The van der Waals surface area contributed by atoms with Crippen molar-refractivity contribution in [2.45, 2.75) is 103 Å². The first kappa shape index (κ1) is 21.9. The molecule has 0 aliphatic rings. The molecule has 0 aliphatic heterocycles. The molecule has 2 heteroatoms. The highest BCUT2D eigenvalue weighted by atomic mass is 16.5. The van der Waals surface area contributed by atoms with Crippen molar-refractivity contribution in [2.75, 3.05) is 6.61 Å². The fraction of sp³-hybridized carbons (Fsp3) is 0.739. The summed E-state index contributed by atoms with van der Waals surface area (Å²) >= 11 is 0. The second-order valence-corrected chi connectivity index (χ2v) is 7.30. The lowest BCUT2D eigenvalue weighted by Gasteiger charge is -2.06. The van der Waals surface area contributed by atoms with Crippen LogP contribution in [0, 0.1) is 0 Å². The van der Waals surface area contributed by atoms with Crippen molar-refractivity contribution in [3.8, 4) is 11.5 Å². The lowest BCUT2D eigenvalue weighted by molar-refractivity contribution is 0.302. The molecule has 0 aliphatic carbocycles. The van der Waals surface area contributed by atoms with E-state index in [0.29, 0.717) is 0 Å². The third kappa shape index (κ3) is 13.8. The molecule has 25 heavy (non-hydrogen) atoms. The van der Waals surface area contributed by atoms with Gasteiger partial charge in [-0.15, -0.1) is 0 Å². The summed E-state index contributed by atoms with van der Waals surface area (Å²) in [5.41, 5.74) is 0. The highest BCUT2D eigenvalue weighted by Gasteiger charge is 1.96. The molecule has 1 rings (SSSR count). The molecule has 0 bridgehead atoms. The lowest BCUT2D eigenvalue weighted by atomic mass is 10.0. The van der Waals surface area contributed by atoms with Gasteiger partial charge in [-0.2, -0.15) is 0 Å². The minimum atomic E-state index is 0.272. The van der Waals surface area contributed by atoms with Gasteiger partial charge in [0.05, 0.1) is 6.61 Å². The van der Waals surface area contributed by atoms with Gasteiger partial charge in [-0.1, -0.05) is 103 Å². The van der Waals surface area contributed by atoms with Crippen LogP contribution < -0.4 is 4.74 Å². The maximum absolute atomic E-state index is 9.37. The van der Waals surface area contributed by atoms with E-state index in [9.17, 15) is 5.11 Å². The zero-order valence-corrected chi connectivity index (χ0v) is 16.5. The molecule has 0 fully saturated rings. The minimum Gasteiger partial charge on any atom is -0.508 e. The van der Waals surface area contributed by atoms with Gasteiger partial charge in [0.2, 0.25) is 0 Å². The molecule has 1 N–H and O–H groups in total. The number of aromatic hydroxyl groups is 1. The smallest absolute Gasteiger partial charge is 0.122 e. The van der Waals surface area contributed by atoms with Crippen LogP contribution in [0.25, 0.3) is 0 Å². The second-order valence-electron chi connectivity index (χ2n) is 7.30. The number of hydrogen-bond acceptors (Lipinski definition) is 2. The molecule has 0 atom stereocenters. The van der Waals surface area contributed by atoms with Crippen LogP contribution in [-0.4, -0.2) is 11.7 Å². The van der Waals surface area contributed by atoms with Gasteiger partial charge in [0, 0.05) is 6.07 Å². The molecule has 0 heterocycles. The summed E-state index contributed by atoms with van der Waals surface area (Å²) in [7, 11) is 0. The van der Waals surface area contributed by atoms with Crippen LogP contribution in [0.3, 0.4) is 0 Å². The van der Waals surface area contributed by atoms with Crippen molar-refractivity contribution >= 4 is 0 Å². The molecule has 0 aromatic heterocycles. The largest absolute Gasteiger partial charge is 0.508 e. The van der Waals surface area contributed by atoms with Crippen LogP contribution in [0.1, 0.15) is 103 Å². The minimum absolute atomic E-state index is 0.272. The highest BCUT2D eigenvalue weighted by molar-refractivity contribution is 5.31. The monoisotopic (exact) mass is 348 g/mol. The van der Waals surface area contributed by atoms with E-state index in [2.05, 4.69) is 6.92 Å². The molecule has 0 radical (unpaired) electrons. The zero-order chi connectivity index (χ0) is 18.0. The summed E-state index contributed by atoms with van der Waals surface area (Å²) in [6.07, 6.45) is 20.7. The molecule has 2 nitrogen and oxygen atoms in total. The number of unbranched alkanes of at least 4 members (excludes halogenated alkanes) is 14. The quantitative estimate of drug-likeness (QED) is 0.293. The normalized spacial score (nSPS) is 10.9. The third-order valence-corrected chi connectivity index (χ3v) is 4.83. The van der Waals surface area contributed by atoms with Gasteiger partial charge in [0.15, 0.2) is 0 Å². The standard InChI is InChI=1S/C23H40O2/c1-2-3-4-5-6-7-8-9-10-11-12-13-14-15-16-20-25-23-19-17-18-22(24)21-23/h17-19,21,24H,2-16,20H2,1H3. The van der Waals surface area contributed by atoms with E-state index < -0.39 is 0 Å². The maximum atomic E-state index is 9.37. The Balaban J connectivity index is 1.75. The summed E-state index contributed by atoms with van der Waals surface area (Å²) in [5.74, 6) is 1.04. The van der Waals surface area contributed by atoms with E-state index in [1.807, 2.05) is 12.1 Å². The van der Waals surface area contributed by atoms with Crippen molar-refractivity contribution in [3.63, 3.8) is 0 Å². The highest BCUT2D eigenvalue weighted by Crippen LogP contribution is 2.18. The van der Waals surface area contributed by atoms with Crippen LogP contribution in [0.5, 0.6) is 11.5 Å². The number of phenolic OH excluding ortho intramolecular Hbond substituents is 1. The lowest BCUT2D eigenvalue weighted by Crippen LogP contribution is -1.97. The Morgan fingerprint density at radius 2 is 1.16 bits per heavy atom. The molecule has 1 aromatic carbocycles. The molecule has 0 saturated carbocycles. The summed E-state index contributed by atoms with van der Waals surface area (Å²) in [6.45, 7) is 3.03. The van der Waals surface area contributed by atoms with Crippen molar-refractivity contribution in [1.82, 2.24) is 0 Å². The average molecular weight is 349 g/mol. The van der Waals surface area contributed by atoms with Crippen molar-refractivity contribution in [1.29, 1.82) is 0 Å². The average Bonchev–Trinajstić information content (AvgIpc) is 2.61. The zero-order valence-electron chi connectivity index (χ0n) is 16.5. The first-order valence-corrected chi connectivity index (χ1v) is 10.7. The number of benzene rings is 1. The fourth-order valence-corrected chi connectivity index (χ4v) is 3.24. The first-order valence-electron chi connectivity index (χ1n) is 10.7. The molecule has 144 valence electrons. The van der Waals surface area contributed by atoms with Gasteiger partial charge in [-0.3, -0.25) is 0 Å². The van der Waals surface area contributed by atoms with Crippen LogP contribution >= 0.6 is 0 Å². The van der Waals surface area contributed by atoms with Gasteiger partial charge < -0.3 is 9.84 Å². The Kier molecular flexibility index (Phi) is 14.3. The SMILES string of the molecule is CCCCCCCCCCCCCCCCCOc1cccc(O)c1. The summed E-state index contributed by atoms with van der Waals surface area (Å²) in [4.78, 5) is 0. The Morgan fingerprint density at radius 1 is 0.680 bits per heavy atom. The van der Waals surface area contributed by atoms with Gasteiger partial charge in [-0.05, 0) is 18.6 Å². The summed E-state index contributed by atoms with van der Waals surface area (Å²) < 4.78 is 5.64. The van der Waals surface area contributed by atoms with E-state index in [-0.39, 0.29) is 5.75 Å². The summed E-state index contributed by atoms with van der Waals surface area (Å²) in [6, 6.07) is 7.05. The maximum Gasteiger partial charge on any atom is 0.122 e. The van der Waals surface area contributed by atoms with Crippen molar-refractivity contribution in [2.24, 2.45) is 0 Å². The molecule has 0 unspecified atom stereocenters. The molecule has 0 saturated heterocycles. The second kappa shape index (κ2) is 16.3. The Labute approximate surface area is 156 Å². The van der Waals surface area contributed by atoms with E-state index in [4.69, 9.17) is 4.74 Å². The van der Waals surface area contributed by atoms with Crippen LogP contribution in [-0.2, 0) is 0 Å². The topological polar surface area (TPSA) is 29.5 Å². The molecular formula is C23H40O2. The molecular weight excluding hydrogens is 308 g/mol. The number of rotatable bonds is 17. The fourth-order valence-electron chi connectivity index (χ4n) is 3.24. The third-order valence-electron chi connectivity index (χ3n) is 4.83. The van der Waals surface area contributed by atoms with Gasteiger partial charge in [-0.25, -0.2) is 0 Å². The van der Waals surface area contributed by atoms with Crippen LogP contribution in [0.4, 0.5) is 0 Å². The molecule has 1 aromatic rings. The molecule has 0 spiro atoms. The van der Waals surface area contributed by atoms with E-state index in [1.165, 1.54) is 89.9 Å². The van der Waals surface area contributed by atoms with Gasteiger partial charge >= 0.3 is 0 Å². The predicted molar refractivity (Wildman–Crippen MR) is 109 cm³/mol. The van der Waals surface area contributed by atoms with Crippen LogP contribution in [0.2, 0.25) is 0 Å². The molecule has 0 amide bonds. The predicted octanol–water partition coefficient (Wildman–Crippen LogP) is 7.64. The Hall–Kier alpha value is -1.18. The van der Waals surface area contributed by atoms with Crippen molar-refractivity contribution in [3.05, 3.63) is 24.3 Å². The van der Waals surface area contributed by atoms with Gasteiger partial charge in [0.1, 0.15) is 11.5 Å². The van der Waals surface area contributed by atoms with Crippen molar-refractivity contribution < 1.29 is 9.84 Å².